The average molecular weight is 330 g/mol. The molecule has 1 heterocycles. The second-order valence-electron chi connectivity index (χ2n) is 5.44. The summed E-state index contributed by atoms with van der Waals surface area (Å²) in [7, 11) is 0. The molecule has 1 saturated heterocycles. The minimum absolute atomic E-state index is 0.312. The zero-order valence-corrected chi connectivity index (χ0v) is 12.7. The van der Waals surface area contributed by atoms with Crippen LogP contribution in [0.4, 0.5) is 18.0 Å². The lowest BCUT2D eigenvalue weighted by Crippen LogP contribution is -2.41. The van der Waals surface area contributed by atoms with E-state index in [0.717, 1.165) is 23.5 Å². The summed E-state index contributed by atoms with van der Waals surface area (Å²) in [5, 5.41) is 2.60. The second-order valence-corrected chi connectivity index (χ2v) is 5.44. The number of unbranched alkanes of at least 4 members (excludes halogenated alkanes) is 1. The molecular formula is C15H17F3N2O3. The lowest BCUT2D eigenvalue weighted by molar-refractivity contribution is -0.274. The van der Waals surface area contributed by atoms with E-state index < -0.39 is 23.8 Å². The molecule has 0 spiro atoms. The van der Waals surface area contributed by atoms with Crippen LogP contribution in [0.15, 0.2) is 24.3 Å². The predicted octanol–water partition coefficient (Wildman–Crippen LogP) is 3.15. The maximum absolute atomic E-state index is 12.5. The Morgan fingerprint density at radius 1 is 1.22 bits per heavy atom. The van der Waals surface area contributed by atoms with Crippen molar-refractivity contribution in [2.75, 3.05) is 6.54 Å². The summed E-state index contributed by atoms with van der Waals surface area (Å²) in [6.45, 7) is 3.78. The Hall–Kier alpha value is -2.25. The van der Waals surface area contributed by atoms with Crippen LogP contribution in [0.2, 0.25) is 0 Å². The van der Waals surface area contributed by atoms with E-state index in [4.69, 9.17) is 0 Å². The van der Waals surface area contributed by atoms with Crippen LogP contribution >= 0.6 is 0 Å². The van der Waals surface area contributed by atoms with Gasteiger partial charge in [-0.05, 0) is 31.0 Å². The first-order valence-electron chi connectivity index (χ1n) is 7.18. The molecule has 3 amide bonds. The number of urea groups is 1. The van der Waals surface area contributed by atoms with Crippen LogP contribution in [-0.2, 0) is 10.3 Å². The van der Waals surface area contributed by atoms with Gasteiger partial charge in [0.1, 0.15) is 11.3 Å². The van der Waals surface area contributed by atoms with E-state index >= 15 is 0 Å². The first-order valence-corrected chi connectivity index (χ1v) is 7.18. The highest BCUT2D eigenvalue weighted by Gasteiger charge is 2.48. The number of nitrogens with one attached hydrogen (secondary N) is 1. The van der Waals surface area contributed by atoms with E-state index in [1.54, 1.807) is 0 Å². The number of nitrogens with zero attached hydrogens (tertiary/aromatic N) is 1. The van der Waals surface area contributed by atoms with E-state index in [1.165, 1.54) is 19.1 Å². The van der Waals surface area contributed by atoms with Crippen LogP contribution in [-0.4, -0.2) is 29.7 Å². The topological polar surface area (TPSA) is 58.6 Å². The lowest BCUT2D eigenvalue weighted by atomic mass is 9.92. The maximum atomic E-state index is 12.5. The summed E-state index contributed by atoms with van der Waals surface area (Å²) in [6.07, 6.45) is -3.26. The third kappa shape index (κ3) is 3.57. The number of ether oxygens (including phenoxy) is 1. The van der Waals surface area contributed by atoms with Crippen molar-refractivity contribution in [2.24, 2.45) is 0 Å². The number of hydrogen-bond acceptors (Lipinski definition) is 3. The van der Waals surface area contributed by atoms with Gasteiger partial charge in [0.15, 0.2) is 0 Å². The number of carbonyl (C=O) groups is 2. The summed E-state index contributed by atoms with van der Waals surface area (Å²) >= 11 is 0. The summed E-state index contributed by atoms with van der Waals surface area (Å²) in [5.41, 5.74) is -0.897. The molecule has 8 heteroatoms. The van der Waals surface area contributed by atoms with Crippen molar-refractivity contribution in [3.05, 3.63) is 29.8 Å². The third-order valence-corrected chi connectivity index (χ3v) is 3.68. The molecule has 1 unspecified atom stereocenters. The summed E-state index contributed by atoms with van der Waals surface area (Å²) in [4.78, 5) is 25.6. The zero-order chi connectivity index (χ0) is 17.3. The van der Waals surface area contributed by atoms with Gasteiger partial charge in [-0.1, -0.05) is 25.5 Å². The molecule has 5 nitrogen and oxygen atoms in total. The Morgan fingerprint density at radius 3 is 2.35 bits per heavy atom. The van der Waals surface area contributed by atoms with Crippen molar-refractivity contribution >= 4 is 11.9 Å². The smallest absolute Gasteiger partial charge is 0.406 e. The Labute approximate surface area is 131 Å². The van der Waals surface area contributed by atoms with Crippen LogP contribution in [0.1, 0.15) is 32.3 Å². The number of benzene rings is 1. The molecule has 0 aromatic heterocycles. The van der Waals surface area contributed by atoms with E-state index in [1.807, 2.05) is 6.92 Å². The molecular weight excluding hydrogens is 313 g/mol. The number of imide groups is 1. The van der Waals surface area contributed by atoms with E-state index in [2.05, 4.69) is 10.1 Å². The SMILES string of the molecule is CCCCN1C(=O)NC(C)(c2ccc(OC(F)(F)F)cc2)C1=O. The zero-order valence-electron chi connectivity index (χ0n) is 12.7. The quantitative estimate of drug-likeness (QED) is 0.844. The largest absolute Gasteiger partial charge is 0.573 e. The van der Waals surface area contributed by atoms with E-state index in [0.29, 0.717) is 18.5 Å². The van der Waals surface area contributed by atoms with Gasteiger partial charge in [0.2, 0.25) is 0 Å². The van der Waals surface area contributed by atoms with Crippen LogP contribution in [0.3, 0.4) is 0 Å². The van der Waals surface area contributed by atoms with Gasteiger partial charge >= 0.3 is 12.4 Å². The molecule has 1 fully saturated rings. The van der Waals surface area contributed by atoms with Gasteiger partial charge in [0, 0.05) is 6.54 Å². The first kappa shape index (κ1) is 17.1. The van der Waals surface area contributed by atoms with Crippen molar-refractivity contribution in [1.82, 2.24) is 10.2 Å². The molecule has 1 atom stereocenters. The summed E-state index contributed by atoms with van der Waals surface area (Å²) < 4.78 is 40.3. The number of amides is 3. The average Bonchev–Trinajstić information content (AvgIpc) is 2.67. The molecule has 1 N–H and O–H groups in total. The fourth-order valence-corrected chi connectivity index (χ4v) is 2.40. The normalized spacial score (nSPS) is 21.5. The Bertz CT molecular complexity index is 601. The summed E-state index contributed by atoms with van der Waals surface area (Å²) in [6, 6.07) is 4.40. The maximum Gasteiger partial charge on any atom is 0.573 e. The first-order chi connectivity index (χ1) is 10.7. The number of alkyl halides is 3. The molecule has 126 valence electrons. The van der Waals surface area contributed by atoms with E-state index in [9.17, 15) is 22.8 Å². The Balaban J connectivity index is 2.20. The monoisotopic (exact) mass is 330 g/mol. The van der Waals surface area contributed by atoms with Crippen molar-refractivity contribution in [1.29, 1.82) is 0 Å². The molecule has 1 aliphatic rings. The van der Waals surface area contributed by atoms with Crippen molar-refractivity contribution < 1.29 is 27.5 Å². The highest BCUT2D eigenvalue weighted by atomic mass is 19.4. The van der Waals surface area contributed by atoms with Crippen LogP contribution < -0.4 is 10.1 Å². The van der Waals surface area contributed by atoms with Crippen LogP contribution in [0.5, 0.6) is 5.75 Å². The number of rotatable bonds is 5. The fourth-order valence-electron chi connectivity index (χ4n) is 2.40. The molecule has 2 rings (SSSR count). The van der Waals surface area contributed by atoms with Crippen molar-refractivity contribution in [2.45, 2.75) is 38.6 Å². The van der Waals surface area contributed by atoms with Crippen molar-refractivity contribution in [3.63, 3.8) is 0 Å². The molecule has 0 saturated carbocycles. The summed E-state index contributed by atoms with van der Waals surface area (Å²) in [5.74, 6) is -0.801. The van der Waals surface area contributed by atoms with Gasteiger partial charge in [0.25, 0.3) is 5.91 Å². The van der Waals surface area contributed by atoms with Gasteiger partial charge in [-0.2, -0.15) is 0 Å². The minimum Gasteiger partial charge on any atom is -0.406 e. The van der Waals surface area contributed by atoms with Gasteiger partial charge in [-0.25, -0.2) is 4.79 Å². The van der Waals surface area contributed by atoms with Gasteiger partial charge < -0.3 is 10.1 Å². The fraction of sp³-hybridized carbons (Fsp3) is 0.467. The Kier molecular flexibility index (Phi) is 4.53. The van der Waals surface area contributed by atoms with Gasteiger partial charge in [-0.3, -0.25) is 9.69 Å². The standard InChI is InChI=1S/C15H17F3N2O3/c1-3-4-9-20-12(21)14(2,19-13(20)22)10-5-7-11(8-6-10)23-15(16,17)18/h5-8H,3-4,9H2,1-2H3,(H,19,22). The number of halogens is 3. The molecule has 23 heavy (non-hydrogen) atoms. The molecule has 1 aromatic rings. The highest BCUT2D eigenvalue weighted by molar-refractivity contribution is 6.07. The highest BCUT2D eigenvalue weighted by Crippen LogP contribution is 2.31. The predicted molar refractivity (Wildman–Crippen MR) is 75.6 cm³/mol. The van der Waals surface area contributed by atoms with Crippen LogP contribution in [0.25, 0.3) is 0 Å². The van der Waals surface area contributed by atoms with E-state index in [-0.39, 0.29) is 5.75 Å². The molecule has 1 aromatic carbocycles. The molecule has 0 radical (unpaired) electrons. The Morgan fingerprint density at radius 2 is 1.83 bits per heavy atom. The van der Waals surface area contributed by atoms with Gasteiger partial charge in [0.05, 0.1) is 0 Å². The van der Waals surface area contributed by atoms with Crippen LogP contribution in [0, 0.1) is 0 Å². The number of carbonyl (C=O) groups excluding carboxylic acids is 2. The molecule has 0 aliphatic carbocycles. The third-order valence-electron chi connectivity index (χ3n) is 3.68. The second kappa shape index (κ2) is 6.10. The molecule has 0 bridgehead atoms. The van der Waals surface area contributed by atoms with Gasteiger partial charge in [-0.15, -0.1) is 13.2 Å². The van der Waals surface area contributed by atoms with Crippen molar-refractivity contribution in [3.8, 4) is 5.75 Å². The minimum atomic E-state index is -4.78. The molecule has 1 aliphatic heterocycles. The lowest BCUT2D eigenvalue weighted by Gasteiger charge is -2.22. The number of hydrogen-bond donors (Lipinski definition) is 1.